The standard InChI is InChI=1S/C27H33N9O2/c1-3-20-16-29-9-7-22(20)17-32-27(37)21-5-4-6-23(15-21)31-18-25-34-35-26(24-8-10-30-19-33-24)36(25)12-14-38-13-11-28-2/h4-10,15-16,19,28,31H,3,11-14,17-18H2,1-2H3,(H,32,37). The Balaban J connectivity index is 1.42. The summed E-state index contributed by atoms with van der Waals surface area (Å²) in [5.41, 5.74) is 4.26. The molecule has 0 fully saturated rings. The zero-order valence-electron chi connectivity index (χ0n) is 21.7. The number of aromatic nitrogens is 6. The number of nitrogens with one attached hydrogen (secondary N) is 3. The van der Waals surface area contributed by atoms with Crippen LogP contribution in [0, 0.1) is 0 Å². The van der Waals surface area contributed by atoms with E-state index in [0.29, 0.717) is 49.9 Å². The largest absolute Gasteiger partial charge is 0.378 e. The quantitative estimate of drug-likeness (QED) is 0.217. The van der Waals surface area contributed by atoms with E-state index in [4.69, 9.17) is 4.74 Å². The number of hydrogen-bond acceptors (Lipinski definition) is 9. The van der Waals surface area contributed by atoms with Crippen LogP contribution in [0.1, 0.15) is 34.2 Å². The van der Waals surface area contributed by atoms with Crippen LogP contribution in [0.2, 0.25) is 0 Å². The van der Waals surface area contributed by atoms with E-state index in [2.05, 4.69) is 48.0 Å². The minimum atomic E-state index is -0.138. The highest BCUT2D eigenvalue weighted by atomic mass is 16.5. The van der Waals surface area contributed by atoms with Gasteiger partial charge in [0.25, 0.3) is 5.91 Å². The van der Waals surface area contributed by atoms with Crippen molar-refractivity contribution < 1.29 is 9.53 Å². The zero-order valence-corrected chi connectivity index (χ0v) is 21.7. The Morgan fingerprint density at radius 3 is 2.74 bits per heavy atom. The Morgan fingerprint density at radius 2 is 1.92 bits per heavy atom. The van der Waals surface area contributed by atoms with Gasteiger partial charge < -0.3 is 25.3 Å². The molecule has 0 radical (unpaired) electrons. The Hall–Kier alpha value is -4.22. The molecule has 0 aliphatic carbocycles. The highest BCUT2D eigenvalue weighted by Crippen LogP contribution is 2.17. The molecule has 0 spiro atoms. The summed E-state index contributed by atoms with van der Waals surface area (Å²) in [6.07, 6.45) is 7.62. The third-order valence-corrected chi connectivity index (χ3v) is 5.99. The molecule has 4 aromatic rings. The first kappa shape index (κ1) is 26.8. The zero-order chi connectivity index (χ0) is 26.6. The van der Waals surface area contributed by atoms with E-state index in [1.807, 2.05) is 42.1 Å². The Morgan fingerprint density at radius 1 is 1.03 bits per heavy atom. The fourth-order valence-electron chi connectivity index (χ4n) is 3.92. The van der Waals surface area contributed by atoms with Crippen molar-refractivity contribution in [2.75, 3.05) is 32.1 Å². The van der Waals surface area contributed by atoms with Gasteiger partial charge in [0.05, 0.1) is 19.8 Å². The van der Waals surface area contributed by atoms with Crippen LogP contribution in [0.4, 0.5) is 5.69 Å². The minimum absolute atomic E-state index is 0.138. The number of aryl methyl sites for hydroxylation is 1. The number of nitrogens with zero attached hydrogens (tertiary/aromatic N) is 6. The van der Waals surface area contributed by atoms with Crippen LogP contribution in [-0.2, 0) is 30.8 Å². The third-order valence-electron chi connectivity index (χ3n) is 5.99. The van der Waals surface area contributed by atoms with Gasteiger partial charge >= 0.3 is 0 Å². The molecular formula is C27H33N9O2. The maximum absolute atomic E-state index is 12.8. The summed E-state index contributed by atoms with van der Waals surface area (Å²) in [4.78, 5) is 25.3. The molecule has 3 heterocycles. The van der Waals surface area contributed by atoms with Crippen molar-refractivity contribution in [2.45, 2.75) is 33.0 Å². The van der Waals surface area contributed by atoms with Gasteiger partial charge in [0.15, 0.2) is 11.6 Å². The average Bonchev–Trinajstić information content (AvgIpc) is 3.38. The van der Waals surface area contributed by atoms with Crippen LogP contribution in [0.5, 0.6) is 0 Å². The number of ether oxygens (including phenoxy) is 1. The van der Waals surface area contributed by atoms with Gasteiger partial charge in [0, 0.05) is 49.5 Å². The van der Waals surface area contributed by atoms with Crippen molar-refractivity contribution in [1.29, 1.82) is 0 Å². The summed E-state index contributed by atoms with van der Waals surface area (Å²) in [5, 5.41) is 18.2. The molecule has 1 amide bonds. The van der Waals surface area contributed by atoms with Crippen molar-refractivity contribution in [2.24, 2.45) is 0 Å². The van der Waals surface area contributed by atoms with E-state index >= 15 is 0 Å². The molecule has 0 aliphatic heterocycles. The first-order chi connectivity index (χ1) is 18.7. The number of carbonyl (C=O) groups is 1. The summed E-state index contributed by atoms with van der Waals surface area (Å²) in [7, 11) is 1.89. The van der Waals surface area contributed by atoms with Crippen LogP contribution >= 0.6 is 0 Å². The van der Waals surface area contributed by atoms with Gasteiger partial charge in [-0.1, -0.05) is 13.0 Å². The van der Waals surface area contributed by atoms with Crippen molar-refractivity contribution >= 4 is 11.6 Å². The highest BCUT2D eigenvalue weighted by Gasteiger charge is 2.15. The maximum atomic E-state index is 12.8. The molecule has 1 aromatic carbocycles. The van der Waals surface area contributed by atoms with Crippen molar-refractivity contribution in [3.8, 4) is 11.5 Å². The molecule has 0 atom stereocenters. The monoisotopic (exact) mass is 515 g/mol. The second-order valence-corrected chi connectivity index (χ2v) is 8.52. The fourth-order valence-corrected chi connectivity index (χ4v) is 3.92. The topological polar surface area (TPSA) is 132 Å². The van der Waals surface area contributed by atoms with Gasteiger partial charge in [-0.15, -0.1) is 10.2 Å². The summed E-state index contributed by atoms with van der Waals surface area (Å²) in [6.45, 7) is 5.42. The van der Waals surface area contributed by atoms with E-state index in [9.17, 15) is 4.79 Å². The van der Waals surface area contributed by atoms with Crippen LogP contribution < -0.4 is 16.0 Å². The number of benzene rings is 1. The lowest BCUT2D eigenvalue weighted by molar-refractivity contribution is 0.0951. The second-order valence-electron chi connectivity index (χ2n) is 8.52. The van der Waals surface area contributed by atoms with Crippen LogP contribution in [0.15, 0.2) is 61.3 Å². The Bertz CT molecular complexity index is 1310. The number of anilines is 1. The van der Waals surface area contributed by atoms with Crippen molar-refractivity contribution in [3.05, 3.63) is 83.8 Å². The molecule has 0 aliphatic rings. The molecule has 0 unspecified atom stereocenters. The predicted octanol–water partition coefficient (Wildman–Crippen LogP) is 2.47. The van der Waals surface area contributed by atoms with E-state index < -0.39 is 0 Å². The molecule has 3 N–H and O–H groups in total. The first-order valence-electron chi connectivity index (χ1n) is 12.6. The second kappa shape index (κ2) is 13.9. The minimum Gasteiger partial charge on any atom is -0.378 e. The molecule has 38 heavy (non-hydrogen) atoms. The Kier molecular flexibility index (Phi) is 9.82. The lowest BCUT2D eigenvalue weighted by Gasteiger charge is -2.13. The smallest absolute Gasteiger partial charge is 0.251 e. The van der Waals surface area contributed by atoms with Crippen molar-refractivity contribution in [1.82, 2.24) is 40.3 Å². The van der Waals surface area contributed by atoms with Gasteiger partial charge in [-0.2, -0.15) is 0 Å². The fraction of sp³-hybridized carbons (Fsp3) is 0.333. The van der Waals surface area contributed by atoms with Crippen molar-refractivity contribution in [3.63, 3.8) is 0 Å². The van der Waals surface area contributed by atoms with E-state index in [1.165, 1.54) is 6.33 Å². The van der Waals surface area contributed by atoms with Gasteiger partial charge in [0.2, 0.25) is 0 Å². The number of rotatable bonds is 14. The van der Waals surface area contributed by atoms with Crippen LogP contribution in [0.25, 0.3) is 11.5 Å². The average molecular weight is 516 g/mol. The summed E-state index contributed by atoms with van der Waals surface area (Å²) >= 11 is 0. The first-order valence-corrected chi connectivity index (χ1v) is 12.6. The van der Waals surface area contributed by atoms with E-state index in [-0.39, 0.29) is 5.91 Å². The molecule has 0 saturated carbocycles. The normalized spacial score (nSPS) is 10.9. The molecule has 4 rings (SSSR count). The number of carbonyl (C=O) groups excluding carboxylic acids is 1. The summed E-state index contributed by atoms with van der Waals surface area (Å²) in [6, 6.07) is 11.1. The van der Waals surface area contributed by atoms with E-state index in [0.717, 1.165) is 35.6 Å². The van der Waals surface area contributed by atoms with Gasteiger partial charge in [-0.3, -0.25) is 9.78 Å². The molecule has 3 aromatic heterocycles. The molecule has 198 valence electrons. The van der Waals surface area contributed by atoms with Crippen LogP contribution in [0.3, 0.4) is 0 Å². The summed E-state index contributed by atoms with van der Waals surface area (Å²) < 4.78 is 7.72. The molecular weight excluding hydrogens is 482 g/mol. The summed E-state index contributed by atoms with van der Waals surface area (Å²) in [5.74, 6) is 1.24. The number of pyridine rings is 1. The highest BCUT2D eigenvalue weighted by molar-refractivity contribution is 5.95. The number of amides is 1. The lowest BCUT2D eigenvalue weighted by atomic mass is 10.1. The van der Waals surface area contributed by atoms with Gasteiger partial charge in [0.1, 0.15) is 12.0 Å². The molecule has 11 nitrogen and oxygen atoms in total. The van der Waals surface area contributed by atoms with Gasteiger partial charge in [-0.25, -0.2) is 9.97 Å². The Labute approximate surface area is 222 Å². The predicted molar refractivity (Wildman–Crippen MR) is 144 cm³/mol. The number of hydrogen-bond donors (Lipinski definition) is 3. The SMILES string of the molecule is CCc1cnccc1CNC(=O)c1cccc(NCc2nnc(-c3ccncn3)n2CCOCCNC)c1. The van der Waals surface area contributed by atoms with Crippen LogP contribution in [-0.4, -0.2) is 62.4 Å². The van der Waals surface area contributed by atoms with E-state index in [1.54, 1.807) is 24.5 Å². The molecule has 0 saturated heterocycles. The molecule has 0 bridgehead atoms. The van der Waals surface area contributed by atoms with Gasteiger partial charge in [-0.05, 0) is 54.9 Å². The lowest BCUT2D eigenvalue weighted by Crippen LogP contribution is -2.23. The third kappa shape index (κ3) is 7.17. The maximum Gasteiger partial charge on any atom is 0.251 e. The number of likely N-dealkylation sites (N-methyl/N-ethyl adjacent to an activating group) is 1. The molecule has 11 heteroatoms.